The van der Waals surface area contributed by atoms with E-state index in [1.807, 2.05) is 0 Å². The number of benzene rings is 5. The molecule has 4 nitrogen and oxygen atoms in total. The third-order valence-electron chi connectivity index (χ3n) is 11.0. The number of rotatable bonds is 0. The molecule has 4 heteroatoms. The molecule has 0 saturated carbocycles. The van der Waals surface area contributed by atoms with Crippen LogP contribution in [0.25, 0.3) is 87.7 Å². The van der Waals surface area contributed by atoms with E-state index in [1.165, 1.54) is 110 Å². The third kappa shape index (κ3) is 2.62. The van der Waals surface area contributed by atoms with Crippen molar-refractivity contribution in [2.75, 3.05) is 0 Å². The van der Waals surface area contributed by atoms with Gasteiger partial charge in [0.25, 0.3) is 0 Å². The predicted octanol–water partition coefficient (Wildman–Crippen LogP) is 10.9. The van der Waals surface area contributed by atoms with Gasteiger partial charge in [-0.05, 0) is 86.3 Å². The van der Waals surface area contributed by atoms with E-state index in [-0.39, 0.29) is 0 Å². The van der Waals surface area contributed by atoms with E-state index in [4.69, 9.17) is 0 Å². The zero-order valence-electron chi connectivity index (χ0n) is 26.2. The van der Waals surface area contributed by atoms with Crippen LogP contribution < -0.4 is 0 Å². The number of hydrogen-bond donors (Lipinski definition) is 0. The fourth-order valence-corrected chi connectivity index (χ4v) is 9.01. The minimum Gasteiger partial charge on any atom is -0.305 e. The van der Waals surface area contributed by atoms with Crippen LogP contribution in [-0.4, -0.2) is 17.6 Å². The lowest BCUT2D eigenvalue weighted by atomic mass is 10.1. The Hall–Kier alpha value is -5.74. The van der Waals surface area contributed by atoms with Crippen LogP contribution in [0.5, 0.6) is 0 Å². The van der Waals surface area contributed by atoms with Gasteiger partial charge in [-0.25, -0.2) is 0 Å². The maximum atomic E-state index is 2.54. The second kappa shape index (κ2) is 8.09. The topological polar surface area (TPSA) is 17.6 Å². The average Bonchev–Trinajstić information content (AvgIpc) is 3.77. The first-order chi connectivity index (χ1) is 22.5. The Labute approximate surface area is 263 Å². The van der Waals surface area contributed by atoms with Crippen LogP contribution in [-0.2, 0) is 0 Å². The molecule has 0 aliphatic carbocycles. The number of aromatic nitrogens is 4. The molecule has 11 rings (SSSR count). The van der Waals surface area contributed by atoms with Crippen LogP contribution in [0.15, 0.2) is 109 Å². The van der Waals surface area contributed by atoms with E-state index in [1.54, 1.807) is 0 Å². The van der Waals surface area contributed by atoms with Crippen LogP contribution in [0, 0.1) is 27.7 Å². The summed E-state index contributed by atoms with van der Waals surface area (Å²) < 4.78 is 10.1. The van der Waals surface area contributed by atoms with Crippen LogP contribution in [0.1, 0.15) is 22.3 Å². The van der Waals surface area contributed by atoms with Gasteiger partial charge in [0.15, 0.2) is 0 Å². The Morgan fingerprint density at radius 2 is 0.500 bits per heavy atom. The van der Waals surface area contributed by atoms with Crippen molar-refractivity contribution in [2.24, 2.45) is 0 Å². The minimum atomic E-state index is 1.21. The van der Waals surface area contributed by atoms with Crippen molar-refractivity contribution in [1.82, 2.24) is 17.6 Å². The van der Waals surface area contributed by atoms with Crippen molar-refractivity contribution >= 4 is 87.7 Å². The van der Waals surface area contributed by atoms with E-state index in [0.717, 1.165) is 0 Å². The summed E-state index contributed by atoms with van der Waals surface area (Å²) in [5, 5.41) is 5.21. The molecule has 6 aromatic heterocycles. The first-order valence-electron chi connectivity index (χ1n) is 16.1. The van der Waals surface area contributed by atoms with E-state index < -0.39 is 0 Å². The highest BCUT2D eigenvalue weighted by Crippen LogP contribution is 2.43. The van der Waals surface area contributed by atoms with Crippen molar-refractivity contribution in [3.05, 3.63) is 131 Å². The fourth-order valence-electron chi connectivity index (χ4n) is 9.01. The molecule has 0 aliphatic heterocycles. The van der Waals surface area contributed by atoms with Gasteiger partial charge in [0, 0.05) is 21.5 Å². The molecule has 0 bridgehead atoms. The van der Waals surface area contributed by atoms with Crippen molar-refractivity contribution in [3.63, 3.8) is 0 Å². The van der Waals surface area contributed by atoms with Gasteiger partial charge in [0.05, 0.1) is 66.2 Å². The Morgan fingerprint density at radius 3 is 0.739 bits per heavy atom. The molecule has 0 saturated heterocycles. The molecule has 0 unspecified atom stereocenters. The zero-order valence-corrected chi connectivity index (χ0v) is 26.2. The summed E-state index contributed by atoms with van der Waals surface area (Å²) in [4.78, 5) is 0. The molecule has 0 aliphatic rings. The van der Waals surface area contributed by atoms with Crippen molar-refractivity contribution in [3.8, 4) is 0 Å². The van der Waals surface area contributed by atoms with Crippen LogP contribution in [0.3, 0.4) is 0 Å². The Bertz CT molecular complexity index is 2750. The summed E-state index contributed by atoms with van der Waals surface area (Å²) in [5.74, 6) is 0. The predicted molar refractivity (Wildman–Crippen MR) is 194 cm³/mol. The van der Waals surface area contributed by atoms with E-state index >= 15 is 0 Å². The zero-order chi connectivity index (χ0) is 30.6. The van der Waals surface area contributed by atoms with Crippen LogP contribution in [0.2, 0.25) is 0 Å². The van der Waals surface area contributed by atoms with E-state index in [9.17, 15) is 0 Å². The van der Waals surface area contributed by atoms with Gasteiger partial charge in [-0.3, -0.25) is 0 Å². The largest absolute Gasteiger partial charge is 0.305 e. The highest BCUT2D eigenvalue weighted by Gasteiger charge is 2.24. The van der Waals surface area contributed by atoms with Gasteiger partial charge in [-0.15, -0.1) is 0 Å². The molecule has 0 atom stereocenters. The number of fused-ring (bicyclic) bond motifs is 20. The Balaban J connectivity index is 1.55. The lowest BCUT2D eigenvalue weighted by Crippen LogP contribution is -2.02. The van der Waals surface area contributed by atoms with Gasteiger partial charge in [-0.2, -0.15) is 0 Å². The normalized spacial score (nSPS) is 12.8. The van der Waals surface area contributed by atoms with Crippen molar-refractivity contribution < 1.29 is 0 Å². The summed E-state index contributed by atoms with van der Waals surface area (Å²) in [7, 11) is 0. The number of aryl methyl sites for hydroxylation is 4. The molecule has 0 N–H and O–H groups in total. The lowest BCUT2D eigenvalue weighted by Gasteiger charge is -2.16. The standard InChI is InChI=1S/C42H30N4/c1-23-27-13-5-9-17-31(27)43-35-21-37-38(22-36(35)44-32-18-10-6-14-28(32)24(2)40(44)39(23)43)46-34-20-12-8-16-30(34)26(4)42(46)41-25(3)29-15-7-11-19-33(29)45(37)41/h5-22H,1-4H3. The third-order valence-corrected chi connectivity index (χ3v) is 11.0. The Morgan fingerprint density at radius 1 is 0.283 bits per heavy atom. The monoisotopic (exact) mass is 590 g/mol. The maximum absolute atomic E-state index is 2.54. The number of nitrogens with zero attached hydrogens (tertiary/aromatic N) is 4. The van der Waals surface area contributed by atoms with Crippen molar-refractivity contribution in [1.29, 1.82) is 0 Å². The van der Waals surface area contributed by atoms with Gasteiger partial charge in [0.2, 0.25) is 0 Å². The first-order valence-corrected chi connectivity index (χ1v) is 16.1. The smallest absolute Gasteiger partial charge is 0.0742 e. The Kier molecular flexibility index (Phi) is 4.32. The summed E-state index contributed by atoms with van der Waals surface area (Å²) >= 11 is 0. The van der Waals surface area contributed by atoms with Crippen molar-refractivity contribution in [2.45, 2.75) is 27.7 Å². The molecule has 0 spiro atoms. The quantitative estimate of drug-likeness (QED) is 0.156. The molecule has 0 amide bonds. The molecule has 0 radical (unpaired) electrons. The molecule has 0 fully saturated rings. The maximum Gasteiger partial charge on any atom is 0.0742 e. The van der Waals surface area contributed by atoms with Crippen LogP contribution >= 0.6 is 0 Å². The molecular formula is C42H30N4. The lowest BCUT2D eigenvalue weighted by molar-refractivity contribution is 1.21. The first kappa shape index (κ1) is 24.6. The molecule has 5 aromatic carbocycles. The highest BCUT2D eigenvalue weighted by molar-refractivity contribution is 6.14. The molecule has 6 heterocycles. The SMILES string of the molecule is Cc1c2ccccc2n2c3cc4c(cc3n3c5ccccc5c(C)c3c12)n1c2ccccc2c(C)c1c1c(C)c2ccccc2n41. The molecule has 218 valence electrons. The molecular weight excluding hydrogens is 560 g/mol. The van der Waals surface area contributed by atoms with Crippen LogP contribution in [0.4, 0.5) is 0 Å². The number of hydrogen-bond acceptors (Lipinski definition) is 0. The second-order valence-electron chi connectivity index (χ2n) is 13.1. The molecule has 46 heavy (non-hydrogen) atoms. The summed E-state index contributed by atoms with van der Waals surface area (Å²) in [6.07, 6.45) is 0. The van der Waals surface area contributed by atoms with Gasteiger partial charge in [0.1, 0.15) is 0 Å². The molecule has 11 aromatic rings. The fraction of sp³-hybridized carbons (Fsp3) is 0.0952. The van der Waals surface area contributed by atoms with E-state index in [2.05, 4.69) is 154 Å². The summed E-state index contributed by atoms with van der Waals surface area (Å²) in [6.45, 7) is 9.17. The highest BCUT2D eigenvalue weighted by atomic mass is 15.0. The van der Waals surface area contributed by atoms with Gasteiger partial charge >= 0.3 is 0 Å². The summed E-state index contributed by atoms with van der Waals surface area (Å²) in [5.41, 5.74) is 20.3. The second-order valence-corrected chi connectivity index (χ2v) is 13.1. The number of para-hydroxylation sites is 4. The summed E-state index contributed by atoms with van der Waals surface area (Å²) in [6, 6.07) is 40.5. The van der Waals surface area contributed by atoms with E-state index in [0.29, 0.717) is 0 Å². The van der Waals surface area contributed by atoms with Gasteiger partial charge < -0.3 is 17.6 Å². The van der Waals surface area contributed by atoms with Gasteiger partial charge in [-0.1, -0.05) is 72.8 Å². The minimum absolute atomic E-state index is 1.21. The average molecular weight is 591 g/mol.